The van der Waals surface area contributed by atoms with Crippen LogP contribution in [0.5, 0.6) is 0 Å². The van der Waals surface area contributed by atoms with Crippen LogP contribution in [0.2, 0.25) is 0 Å². The average Bonchev–Trinajstić information content (AvgIpc) is 2.51. The summed E-state index contributed by atoms with van der Waals surface area (Å²) in [5, 5.41) is 18.1. The molecular weight excluding hydrogens is 288 g/mol. The molecule has 0 aromatic carbocycles. The Hall–Kier alpha value is -1.87. The van der Waals surface area contributed by atoms with Crippen LogP contribution in [0.15, 0.2) is 60.8 Å². The normalized spacial score (nSPS) is 14.2. The van der Waals surface area contributed by atoms with Gasteiger partial charge < -0.3 is 10.2 Å². The van der Waals surface area contributed by atoms with Crippen LogP contribution in [0.3, 0.4) is 0 Å². The molecule has 0 aromatic heterocycles. The number of carboxylic acid groups (broad SMARTS) is 1. The van der Waals surface area contributed by atoms with Crippen LogP contribution in [-0.4, -0.2) is 22.3 Å². The zero-order chi connectivity index (χ0) is 17.2. The van der Waals surface area contributed by atoms with E-state index in [2.05, 4.69) is 43.4 Å². The van der Waals surface area contributed by atoms with Crippen molar-refractivity contribution in [2.24, 2.45) is 0 Å². The maximum absolute atomic E-state index is 10.3. The summed E-state index contributed by atoms with van der Waals surface area (Å²) in [7, 11) is 0. The van der Waals surface area contributed by atoms with E-state index in [0.29, 0.717) is 12.8 Å². The molecule has 0 heterocycles. The van der Waals surface area contributed by atoms with Crippen molar-refractivity contribution >= 4 is 5.97 Å². The van der Waals surface area contributed by atoms with E-state index in [1.807, 2.05) is 12.2 Å². The van der Waals surface area contributed by atoms with Gasteiger partial charge in [0.1, 0.15) is 0 Å². The van der Waals surface area contributed by atoms with Gasteiger partial charge in [-0.05, 0) is 38.5 Å². The van der Waals surface area contributed by atoms with Gasteiger partial charge in [-0.15, -0.1) is 0 Å². The third-order valence-electron chi connectivity index (χ3n) is 3.02. The molecule has 23 heavy (non-hydrogen) atoms. The molecule has 0 fully saturated rings. The third-order valence-corrected chi connectivity index (χ3v) is 3.02. The Labute approximate surface area is 140 Å². The molecule has 0 saturated heterocycles. The molecule has 0 saturated carbocycles. The molecular formula is C20H30O3. The van der Waals surface area contributed by atoms with E-state index in [1.165, 1.54) is 0 Å². The molecule has 1 atom stereocenters. The number of rotatable bonds is 13. The standard InChI is InChI=1S/C20H30O3/c1-2-3-4-5-6-7-8-9-10-11-12-13-14-16-19(21)17-15-18-20(22)23/h3-4,6-7,9-10,12-14,16,19,21H,2,5,8,11,15,17-18H2,1H3,(H,22,23)/b4-3+,7-6+,10-9+,13-12+,16-14+/t19-/m0/s1. The highest BCUT2D eigenvalue weighted by Gasteiger charge is 2.01. The van der Waals surface area contributed by atoms with Gasteiger partial charge in [-0.1, -0.05) is 67.7 Å². The topological polar surface area (TPSA) is 57.5 Å². The minimum atomic E-state index is -0.819. The fourth-order valence-electron chi connectivity index (χ4n) is 1.79. The highest BCUT2D eigenvalue weighted by molar-refractivity contribution is 5.66. The molecule has 0 aliphatic heterocycles. The zero-order valence-electron chi connectivity index (χ0n) is 14.1. The third kappa shape index (κ3) is 18.1. The number of aliphatic hydroxyl groups excluding tert-OH is 1. The van der Waals surface area contributed by atoms with Gasteiger partial charge >= 0.3 is 5.97 Å². The van der Waals surface area contributed by atoms with E-state index in [-0.39, 0.29) is 6.42 Å². The summed E-state index contributed by atoms with van der Waals surface area (Å²) in [4.78, 5) is 10.3. The van der Waals surface area contributed by atoms with E-state index in [1.54, 1.807) is 12.2 Å². The molecule has 0 amide bonds. The van der Waals surface area contributed by atoms with Crippen LogP contribution >= 0.6 is 0 Å². The van der Waals surface area contributed by atoms with Crippen molar-refractivity contribution in [1.29, 1.82) is 0 Å². The van der Waals surface area contributed by atoms with Gasteiger partial charge in [0.25, 0.3) is 0 Å². The van der Waals surface area contributed by atoms with Gasteiger partial charge in [-0.3, -0.25) is 4.79 Å². The van der Waals surface area contributed by atoms with E-state index < -0.39 is 12.1 Å². The monoisotopic (exact) mass is 318 g/mol. The first-order valence-electron chi connectivity index (χ1n) is 8.35. The van der Waals surface area contributed by atoms with E-state index in [9.17, 15) is 9.90 Å². The summed E-state index contributed by atoms with van der Waals surface area (Å²) in [6, 6.07) is 0. The second kappa shape index (κ2) is 16.5. The number of hydrogen-bond donors (Lipinski definition) is 2. The number of aliphatic carboxylic acids is 1. The molecule has 0 unspecified atom stereocenters. The molecule has 0 spiro atoms. The molecule has 0 aliphatic rings. The van der Waals surface area contributed by atoms with Crippen molar-refractivity contribution in [3.63, 3.8) is 0 Å². The van der Waals surface area contributed by atoms with Gasteiger partial charge in [0.15, 0.2) is 0 Å². The Morgan fingerprint density at radius 3 is 2.04 bits per heavy atom. The summed E-state index contributed by atoms with van der Waals surface area (Å²) in [6.07, 6.45) is 24.7. The lowest BCUT2D eigenvalue weighted by atomic mass is 10.1. The first-order chi connectivity index (χ1) is 11.2. The van der Waals surface area contributed by atoms with Gasteiger partial charge in [0, 0.05) is 6.42 Å². The lowest BCUT2D eigenvalue weighted by Crippen LogP contribution is -2.03. The molecule has 0 bridgehead atoms. The number of carboxylic acids is 1. The predicted octanol–water partition coefficient (Wildman–Crippen LogP) is 4.96. The van der Waals surface area contributed by atoms with Crippen molar-refractivity contribution < 1.29 is 15.0 Å². The number of carbonyl (C=O) groups is 1. The fourth-order valence-corrected chi connectivity index (χ4v) is 1.79. The van der Waals surface area contributed by atoms with E-state index in [4.69, 9.17) is 5.11 Å². The number of aliphatic hydroxyl groups is 1. The molecule has 3 heteroatoms. The smallest absolute Gasteiger partial charge is 0.303 e. The largest absolute Gasteiger partial charge is 0.481 e. The average molecular weight is 318 g/mol. The summed E-state index contributed by atoms with van der Waals surface area (Å²) in [6.45, 7) is 2.13. The Morgan fingerprint density at radius 2 is 1.48 bits per heavy atom. The maximum Gasteiger partial charge on any atom is 0.303 e. The second-order valence-corrected chi connectivity index (χ2v) is 5.20. The molecule has 0 rings (SSSR count). The van der Waals surface area contributed by atoms with Crippen molar-refractivity contribution in [3.8, 4) is 0 Å². The first-order valence-corrected chi connectivity index (χ1v) is 8.35. The molecule has 0 aromatic rings. The molecule has 2 N–H and O–H groups in total. The van der Waals surface area contributed by atoms with E-state index in [0.717, 1.165) is 25.7 Å². The Bertz CT molecular complexity index is 428. The second-order valence-electron chi connectivity index (χ2n) is 5.20. The highest BCUT2D eigenvalue weighted by atomic mass is 16.4. The number of hydrogen-bond acceptors (Lipinski definition) is 2. The van der Waals surface area contributed by atoms with E-state index >= 15 is 0 Å². The predicted molar refractivity (Wildman–Crippen MR) is 97.3 cm³/mol. The Kier molecular flexibility index (Phi) is 15.2. The quantitative estimate of drug-likeness (QED) is 0.372. The van der Waals surface area contributed by atoms with Gasteiger partial charge in [-0.25, -0.2) is 0 Å². The number of allylic oxidation sites excluding steroid dienone is 9. The van der Waals surface area contributed by atoms with Crippen molar-refractivity contribution in [1.82, 2.24) is 0 Å². The SMILES string of the molecule is CC/C=C/C/C=C/C/C=C/C/C=C/C=C/[C@H](O)CCCC(=O)O. The van der Waals surface area contributed by atoms with Crippen LogP contribution in [0.1, 0.15) is 51.9 Å². The minimum absolute atomic E-state index is 0.106. The first kappa shape index (κ1) is 21.1. The Balaban J connectivity index is 3.65. The maximum atomic E-state index is 10.3. The van der Waals surface area contributed by atoms with Crippen LogP contribution in [0, 0.1) is 0 Å². The molecule has 0 aliphatic carbocycles. The zero-order valence-corrected chi connectivity index (χ0v) is 14.1. The lowest BCUT2D eigenvalue weighted by Gasteiger charge is -2.02. The minimum Gasteiger partial charge on any atom is -0.481 e. The van der Waals surface area contributed by atoms with Crippen LogP contribution < -0.4 is 0 Å². The van der Waals surface area contributed by atoms with Crippen molar-refractivity contribution in [2.45, 2.75) is 58.0 Å². The highest BCUT2D eigenvalue weighted by Crippen LogP contribution is 2.02. The lowest BCUT2D eigenvalue weighted by molar-refractivity contribution is -0.137. The molecule has 0 radical (unpaired) electrons. The summed E-state index contributed by atoms with van der Waals surface area (Å²) in [5.41, 5.74) is 0. The van der Waals surface area contributed by atoms with Gasteiger partial charge in [0.2, 0.25) is 0 Å². The van der Waals surface area contributed by atoms with Crippen LogP contribution in [-0.2, 0) is 4.79 Å². The summed E-state index contributed by atoms with van der Waals surface area (Å²) in [5.74, 6) is -0.819. The summed E-state index contributed by atoms with van der Waals surface area (Å²) < 4.78 is 0. The van der Waals surface area contributed by atoms with Crippen molar-refractivity contribution in [3.05, 3.63) is 60.8 Å². The fraction of sp³-hybridized carbons (Fsp3) is 0.450. The van der Waals surface area contributed by atoms with Crippen molar-refractivity contribution in [2.75, 3.05) is 0 Å². The van der Waals surface area contributed by atoms with Gasteiger partial charge in [0.05, 0.1) is 6.10 Å². The molecule has 128 valence electrons. The molecule has 3 nitrogen and oxygen atoms in total. The van der Waals surface area contributed by atoms with Crippen LogP contribution in [0.25, 0.3) is 0 Å². The Morgan fingerprint density at radius 1 is 0.913 bits per heavy atom. The van der Waals surface area contributed by atoms with Crippen LogP contribution in [0.4, 0.5) is 0 Å². The summed E-state index contributed by atoms with van der Waals surface area (Å²) >= 11 is 0. The van der Waals surface area contributed by atoms with Gasteiger partial charge in [-0.2, -0.15) is 0 Å².